The number of halogens is 1. The molecule has 18 heavy (non-hydrogen) atoms. The lowest BCUT2D eigenvalue weighted by molar-refractivity contribution is 0.385. The van der Waals surface area contributed by atoms with E-state index in [0.717, 1.165) is 24.8 Å². The van der Waals surface area contributed by atoms with Crippen molar-refractivity contribution in [3.8, 4) is 5.75 Å². The first-order valence-electron chi connectivity index (χ1n) is 6.56. The van der Waals surface area contributed by atoms with Crippen LogP contribution in [0.3, 0.4) is 0 Å². The van der Waals surface area contributed by atoms with Crippen molar-refractivity contribution in [2.45, 2.75) is 39.2 Å². The topological polar surface area (TPSA) is 21.3 Å². The summed E-state index contributed by atoms with van der Waals surface area (Å²) in [6.45, 7) is 4.44. The van der Waals surface area contributed by atoms with Gasteiger partial charge in [0.05, 0.1) is 7.11 Å². The van der Waals surface area contributed by atoms with Crippen LogP contribution in [-0.2, 0) is 6.42 Å². The largest absolute Gasteiger partial charge is 0.494 e. The van der Waals surface area contributed by atoms with E-state index in [1.807, 2.05) is 13.1 Å². The predicted molar refractivity (Wildman–Crippen MR) is 73.6 cm³/mol. The van der Waals surface area contributed by atoms with Gasteiger partial charge in [0.15, 0.2) is 11.6 Å². The molecule has 2 nitrogen and oxygen atoms in total. The monoisotopic (exact) mass is 253 g/mol. The average Bonchev–Trinajstić information content (AvgIpc) is 2.34. The number of rotatable bonds is 7. The first kappa shape index (κ1) is 15.0. The van der Waals surface area contributed by atoms with Crippen LogP contribution in [-0.4, -0.2) is 20.2 Å². The van der Waals surface area contributed by atoms with E-state index in [4.69, 9.17) is 4.74 Å². The van der Waals surface area contributed by atoms with Crippen molar-refractivity contribution in [1.82, 2.24) is 5.32 Å². The molecular formula is C15H24FNO. The zero-order valence-corrected chi connectivity index (χ0v) is 11.8. The molecule has 1 N–H and O–H groups in total. The van der Waals surface area contributed by atoms with E-state index in [1.165, 1.54) is 7.11 Å². The molecule has 1 atom stereocenters. The molecule has 1 unspecified atom stereocenters. The van der Waals surface area contributed by atoms with Crippen molar-refractivity contribution in [3.63, 3.8) is 0 Å². The standard InChI is InChI=1S/C15H24FNO/c1-11(2)9-13(17-3)7-5-12-6-8-15(18-4)14(16)10-12/h6,8,10-11,13,17H,5,7,9H2,1-4H3. The summed E-state index contributed by atoms with van der Waals surface area (Å²) in [5, 5.41) is 3.32. The van der Waals surface area contributed by atoms with Crippen LogP contribution < -0.4 is 10.1 Å². The van der Waals surface area contributed by atoms with Crippen molar-refractivity contribution >= 4 is 0 Å². The van der Waals surface area contributed by atoms with Crippen molar-refractivity contribution in [3.05, 3.63) is 29.6 Å². The van der Waals surface area contributed by atoms with Crippen molar-refractivity contribution in [2.24, 2.45) is 5.92 Å². The van der Waals surface area contributed by atoms with Crippen molar-refractivity contribution in [2.75, 3.05) is 14.2 Å². The molecule has 0 saturated heterocycles. The van der Waals surface area contributed by atoms with Crippen LogP contribution in [0.15, 0.2) is 18.2 Å². The highest BCUT2D eigenvalue weighted by Crippen LogP contribution is 2.19. The van der Waals surface area contributed by atoms with Gasteiger partial charge in [0.1, 0.15) is 0 Å². The highest BCUT2D eigenvalue weighted by molar-refractivity contribution is 5.29. The Morgan fingerprint density at radius 3 is 2.56 bits per heavy atom. The van der Waals surface area contributed by atoms with Gasteiger partial charge in [-0.25, -0.2) is 4.39 Å². The first-order chi connectivity index (χ1) is 8.56. The summed E-state index contributed by atoms with van der Waals surface area (Å²) in [7, 11) is 3.47. The molecule has 0 radical (unpaired) electrons. The summed E-state index contributed by atoms with van der Waals surface area (Å²) in [5.41, 5.74) is 1.03. The zero-order valence-electron chi connectivity index (χ0n) is 11.8. The Labute approximate surface area is 110 Å². The van der Waals surface area contributed by atoms with Gasteiger partial charge in [0.25, 0.3) is 0 Å². The second-order valence-corrected chi connectivity index (χ2v) is 5.12. The second-order valence-electron chi connectivity index (χ2n) is 5.12. The zero-order chi connectivity index (χ0) is 13.5. The molecule has 1 rings (SSSR count). The van der Waals surface area contributed by atoms with Gasteiger partial charge in [0.2, 0.25) is 0 Å². The van der Waals surface area contributed by atoms with Gasteiger partial charge >= 0.3 is 0 Å². The maximum atomic E-state index is 13.5. The highest BCUT2D eigenvalue weighted by Gasteiger charge is 2.10. The van der Waals surface area contributed by atoms with E-state index >= 15 is 0 Å². The van der Waals surface area contributed by atoms with Crippen LogP contribution in [0.5, 0.6) is 5.75 Å². The van der Waals surface area contributed by atoms with E-state index in [-0.39, 0.29) is 5.82 Å². The summed E-state index contributed by atoms with van der Waals surface area (Å²) in [6.07, 6.45) is 3.06. The van der Waals surface area contributed by atoms with Gasteiger partial charge < -0.3 is 10.1 Å². The summed E-state index contributed by atoms with van der Waals surface area (Å²) >= 11 is 0. The molecule has 102 valence electrons. The Bertz CT molecular complexity index is 366. The number of aryl methyl sites for hydroxylation is 1. The molecule has 0 aromatic heterocycles. The molecule has 0 aliphatic heterocycles. The minimum absolute atomic E-state index is 0.278. The lowest BCUT2D eigenvalue weighted by atomic mass is 9.97. The Morgan fingerprint density at radius 2 is 2.06 bits per heavy atom. The number of benzene rings is 1. The maximum absolute atomic E-state index is 13.5. The Morgan fingerprint density at radius 1 is 1.33 bits per heavy atom. The molecule has 0 spiro atoms. The molecule has 1 aromatic rings. The van der Waals surface area contributed by atoms with Gasteiger partial charge in [0, 0.05) is 6.04 Å². The number of ether oxygens (including phenoxy) is 1. The molecule has 1 aromatic carbocycles. The van der Waals surface area contributed by atoms with E-state index in [1.54, 1.807) is 12.1 Å². The molecule has 0 saturated carbocycles. The number of methoxy groups -OCH3 is 1. The molecule has 0 heterocycles. The number of nitrogens with one attached hydrogen (secondary N) is 1. The van der Waals surface area contributed by atoms with Crippen LogP contribution in [0.4, 0.5) is 4.39 Å². The first-order valence-corrected chi connectivity index (χ1v) is 6.56. The van der Waals surface area contributed by atoms with E-state index in [0.29, 0.717) is 17.7 Å². The molecule has 0 fully saturated rings. The van der Waals surface area contributed by atoms with Crippen LogP contribution in [0.2, 0.25) is 0 Å². The molecule has 0 bridgehead atoms. The molecular weight excluding hydrogens is 229 g/mol. The minimum atomic E-state index is -0.278. The normalized spacial score (nSPS) is 12.8. The SMILES string of the molecule is CNC(CCc1ccc(OC)c(F)c1)CC(C)C. The molecule has 0 aliphatic rings. The van der Waals surface area contributed by atoms with E-state index in [9.17, 15) is 4.39 Å². The van der Waals surface area contributed by atoms with Gasteiger partial charge in [-0.15, -0.1) is 0 Å². The smallest absolute Gasteiger partial charge is 0.165 e. The molecule has 0 amide bonds. The van der Waals surface area contributed by atoms with Crippen LogP contribution in [0.25, 0.3) is 0 Å². The van der Waals surface area contributed by atoms with E-state index < -0.39 is 0 Å². The Kier molecular flexibility index (Phi) is 6.13. The minimum Gasteiger partial charge on any atom is -0.494 e. The average molecular weight is 253 g/mol. The van der Waals surface area contributed by atoms with Gasteiger partial charge in [-0.2, -0.15) is 0 Å². The Balaban J connectivity index is 2.54. The maximum Gasteiger partial charge on any atom is 0.165 e. The van der Waals surface area contributed by atoms with Gasteiger partial charge in [-0.1, -0.05) is 19.9 Å². The van der Waals surface area contributed by atoms with Crippen LogP contribution in [0.1, 0.15) is 32.3 Å². The summed E-state index contributed by atoms with van der Waals surface area (Å²) < 4.78 is 18.4. The highest BCUT2D eigenvalue weighted by atomic mass is 19.1. The molecule has 0 aliphatic carbocycles. The second kappa shape index (κ2) is 7.37. The number of hydrogen-bond donors (Lipinski definition) is 1. The van der Waals surface area contributed by atoms with Crippen molar-refractivity contribution in [1.29, 1.82) is 0 Å². The fourth-order valence-electron chi connectivity index (χ4n) is 2.16. The van der Waals surface area contributed by atoms with Crippen LogP contribution in [0, 0.1) is 11.7 Å². The fourth-order valence-corrected chi connectivity index (χ4v) is 2.16. The quantitative estimate of drug-likeness (QED) is 0.804. The summed E-state index contributed by atoms with van der Waals surface area (Å²) in [4.78, 5) is 0. The molecule has 3 heteroatoms. The third kappa shape index (κ3) is 4.65. The fraction of sp³-hybridized carbons (Fsp3) is 0.600. The Hall–Kier alpha value is -1.09. The predicted octanol–water partition coefficient (Wildman–Crippen LogP) is 3.40. The number of hydrogen-bond acceptors (Lipinski definition) is 2. The third-order valence-corrected chi connectivity index (χ3v) is 3.16. The summed E-state index contributed by atoms with van der Waals surface area (Å²) in [5.74, 6) is 0.709. The lowest BCUT2D eigenvalue weighted by Crippen LogP contribution is -2.27. The third-order valence-electron chi connectivity index (χ3n) is 3.16. The lowest BCUT2D eigenvalue weighted by Gasteiger charge is -2.18. The van der Waals surface area contributed by atoms with Gasteiger partial charge in [-0.3, -0.25) is 0 Å². The summed E-state index contributed by atoms with van der Waals surface area (Å²) in [6, 6.07) is 5.70. The van der Waals surface area contributed by atoms with E-state index in [2.05, 4.69) is 19.2 Å². The van der Waals surface area contributed by atoms with Crippen molar-refractivity contribution < 1.29 is 9.13 Å². The van der Waals surface area contributed by atoms with Gasteiger partial charge in [-0.05, 0) is 49.9 Å². The van der Waals surface area contributed by atoms with Crippen LogP contribution >= 0.6 is 0 Å².